The maximum atomic E-state index is 12.6. The zero-order chi connectivity index (χ0) is 13.3. The van der Waals surface area contributed by atoms with Gasteiger partial charge in [-0.25, -0.2) is 8.42 Å². The number of rotatable bonds is 3. The molecule has 1 aliphatic heterocycles. The standard InChI is InChI=1S/C12H18ClNO3S/c1-9-11(8-13)12(10(2)17-9)18(15,16)14-6-4-3-5-7-14/h3-8H2,1-2H3. The fraction of sp³-hybridized carbons (Fsp3) is 0.667. The predicted molar refractivity (Wildman–Crippen MR) is 70.3 cm³/mol. The van der Waals surface area contributed by atoms with Crippen molar-refractivity contribution >= 4 is 21.6 Å². The van der Waals surface area contributed by atoms with E-state index in [-0.39, 0.29) is 10.8 Å². The minimum atomic E-state index is -3.46. The Morgan fingerprint density at radius 2 is 1.78 bits per heavy atom. The summed E-state index contributed by atoms with van der Waals surface area (Å²) in [4.78, 5) is 0.275. The number of alkyl halides is 1. The number of piperidine rings is 1. The maximum Gasteiger partial charge on any atom is 0.246 e. The minimum Gasteiger partial charge on any atom is -0.465 e. The van der Waals surface area contributed by atoms with Crippen LogP contribution in [0.2, 0.25) is 0 Å². The Morgan fingerprint density at radius 3 is 2.33 bits per heavy atom. The van der Waals surface area contributed by atoms with Gasteiger partial charge in [0.05, 0.1) is 5.88 Å². The van der Waals surface area contributed by atoms with E-state index in [4.69, 9.17) is 16.0 Å². The summed E-state index contributed by atoms with van der Waals surface area (Å²) in [6.45, 7) is 4.61. The van der Waals surface area contributed by atoms with Crippen LogP contribution in [0.25, 0.3) is 0 Å². The third kappa shape index (κ3) is 2.31. The first-order valence-electron chi connectivity index (χ1n) is 6.13. The molecule has 1 fully saturated rings. The lowest BCUT2D eigenvalue weighted by Crippen LogP contribution is -2.36. The molecule has 0 aliphatic carbocycles. The lowest BCUT2D eigenvalue weighted by atomic mass is 10.2. The van der Waals surface area contributed by atoms with Crippen molar-refractivity contribution in [2.75, 3.05) is 13.1 Å². The highest BCUT2D eigenvalue weighted by atomic mass is 35.5. The normalized spacial score (nSPS) is 18.2. The van der Waals surface area contributed by atoms with Gasteiger partial charge >= 0.3 is 0 Å². The third-order valence-corrected chi connectivity index (χ3v) is 5.73. The van der Waals surface area contributed by atoms with E-state index in [2.05, 4.69) is 0 Å². The fourth-order valence-electron chi connectivity index (χ4n) is 2.44. The quantitative estimate of drug-likeness (QED) is 0.805. The molecule has 0 amide bonds. The van der Waals surface area contributed by atoms with Crippen LogP contribution in [0, 0.1) is 13.8 Å². The molecule has 0 spiro atoms. The lowest BCUT2D eigenvalue weighted by molar-refractivity contribution is 0.345. The van der Waals surface area contributed by atoms with E-state index < -0.39 is 10.0 Å². The van der Waals surface area contributed by atoms with Crippen molar-refractivity contribution in [2.45, 2.75) is 43.9 Å². The van der Waals surface area contributed by atoms with Crippen LogP contribution in [-0.4, -0.2) is 25.8 Å². The summed E-state index contributed by atoms with van der Waals surface area (Å²) in [7, 11) is -3.46. The van der Waals surface area contributed by atoms with Gasteiger partial charge in [-0.05, 0) is 26.7 Å². The Kier molecular flexibility index (Phi) is 4.04. The third-order valence-electron chi connectivity index (χ3n) is 3.37. The van der Waals surface area contributed by atoms with Gasteiger partial charge in [-0.1, -0.05) is 6.42 Å². The van der Waals surface area contributed by atoms with Gasteiger partial charge in [0.1, 0.15) is 16.4 Å². The van der Waals surface area contributed by atoms with E-state index in [0.717, 1.165) is 19.3 Å². The molecule has 1 aromatic heterocycles. The monoisotopic (exact) mass is 291 g/mol. The van der Waals surface area contributed by atoms with Crippen LogP contribution in [0.4, 0.5) is 0 Å². The van der Waals surface area contributed by atoms with Crippen molar-refractivity contribution in [1.82, 2.24) is 4.31 Å². The SMILES string of the molecule is Cc1oc(C)c(S(=O)(=O)N2CCCCC2)c1CCl. The van der Waals surface area contributed by atoms with Gasteiger partial charge in [-0.2, -0.15) is 4.31 Å². The van der Waals surface area contributed by atoms with E-state index in [0.29, 0.717) is 30.2 Å². The average molecular weight is 292 g/mol. The molecule has 0 aromatic carbocycles. The molecule has 0 saturated carbocycles. The molecule has 2 rings (SSSR count). The first kappa shape index (κ1) is 13.9. The van der Waals surface area contributed by atoms with E-state index in [1.54, 1.807) is 18.2 Å². The Balaban J connectivity index is 2.46. The van der Waals surface area contributed by atoms with Crippen LogP contribution >= 0.6 is 11.6 Å². The molecule has 18 heavy (non-hydrogen) atoms. The second-order valence-electron chi connectivity index (χ2n) is 4.62. The number of aryl methyl sites for hydroxylation is 2. The van der Waals surface area contributed by atoms with Crippen LogP contribution in [0.1, 0.15) is 36.3 Å². The van der Waals surface area contributed by atoms with E-state index >= 15 is 0 Å². The van der Waals surface area contributed by atoms with Crippen LogP contribution in [0.5, 0.6) is 0 Å². The molecule has 0 unspecified atom stereocenters. The Morgan fingerprint density at radius 1 is 1.17 bits per heavy atom. The van der Waals surface area contributed by atoms with Crippen LogP contribution in [0.3, 0.4) is 0 Å². The van der Waals surface area contributed by atoms with Gasteiger partial charge < -0.3 is 4.42 Å². The van der Waals surface area contributed by atoms with Gasteiger partial charge in [-0.3, -0.25) is 0 Å². The molecule has 0 bridgehead atoms. The summed E-state index contributed by atoms with van der Waals surface area (Å²) >= 11 is 5.85. The largest absolute Gasteiger partial charge is 0.465 e. The van der Waals surface area contributed by atoms with E-state index in [9.17, 15) is 8.42 Å². The van der Waals surface area contributed by atoms with Crippen molar-refractivity contribution in [1.29, 1.82) is 0 Å². The van der Waals surface area contributed by atoms with Crippen LogP contribution < -0.4 is 0 Å². The van der Waals surface area contributed by atoms with Crippen molar-refractivity contribution in [3.05, 3.63) is 17.1 Å². The predicted octanol–water partition coefficient (Wildman–Crippen LogP) is 2.81. The lowest BCUT2D eigenvalue weighted by Gasteiger charge is -2.26. The molecule has 1 aliphatic rings. The zero-order valence-electron chi connectivity index (χ0n) is 10.7. The first-order valence-corrected chi connectivity index (χ1v) is 8.11. The van der Waals surface area contributed by atoms with Gasteiger partial charge in [0.15, 0.2) is 0 Å². The maximum absolute atomic E-state index is 12.6. The first-order chi connectivity index (χ1) is 8.48. The van der Waals surface area contributed by atoms with Crippen LogP contribution in [0.15, 0.2) is 9.31 Å². The topological polar surface area (TPSA) is 50.5 Å². The molecule has 0 atom stereocenters. The average Bonchev–Trinajstić information content (AvgIpc) is 2.65. The van der Waals surface area contributed by atoms with Crippen LogP contribution in [-0.2, 0) is 15.9 Å². The number of furan rings is 1. The molecule has 1 saturated heterocycles. The van der Waals surface area contributed by atoms with Crippen molar-refractivity contribution in [3.63, 3.8) is 0 Å². The Hall–Kier alpha value is -0.520. The molecule has 2 heterocycles. The second kappa shape index (κ2) is 5.23. The van der Waals surface area contributed by atoms with Gasteiger partial charge in [0.2, 0.25) is 10.0 Å². The number of sulfonamides is 1. The van der Waals surface area contributed by atoms with Gasteiger partial charge in [0.25, 0.3) is 0 Å². The zero-order valence-corrected chi connectivity index (χ0v) is 12.3. The molecule has 1 aromatic rings. The van der Waals surface area contributed by atoms with Gasteiger partial charge in [-0.15, -0.1) is 11.6 Å². The Bertz CT molecular complexity index is 530. The molecule has 0 N–H and O–H groups in total. The van der Waals surface area contributed by atoms with Crippen molar-refractivity contribution in [3.8, 4) is 0 Å². The highest BCUT2D eigenvalue weighted by Gasteiger charge is 2.32. The molecular weight excluding hydrogens is 274 g/mol. The number of nitrogens with zero attached hydrogens (tertiary/aromatic N) is 1. The molecule has 0 radical (unpaired) electrons. The summed E-state index contributed by atoms with van der Waals surface area (Å²) in [5.41, 5.74) is 0.597. The number of hydrogen-bond acceptors (Lipinski definition) is 3. The summed E-state index contributed by atoms with van der Waals surface area (Å²) in [5.74, 6) is 1.19. The summed E-state index contributed by atoms with van der Waals surface area (Å²) in [5, 5.41) is 0. The highest BCUT2D eigenvalue weighted by molar-refractivity contribution is 7.89. The van der Waals surface area contributed by atoms with Crippen molar-refractivity contribution < 1.29 is 12.8 Å². The smallest absolute Gasteiger partial charge is 0.246 e. The summed E-state index contributed by atoms with van der Waals surface area (Å²) < 4.78 is 32.2. The fourth-order valence-corrected chi connectivity index (χ4v) is 4.77. The van der Waals surface area contributed by atoms with E-state index in [1.165, 1.54) is 0 Å². The molecule has 6 heteroatoms. The Labute approximate surface area is 113 Å². The minimum absolute atomic E-state index is 0.158. The van der Waals surface area contributed by atoms with E-state index in [1.807, 2.05) is 0 Å². The summed E-state index contributed by atoms with van der Waals surface area (Å²) in [6.07, 6.45) is 2.94. The summed E-state index contributed by atoms with van der Waals surface area (Å²) in [6, 6.07) is 0. The highest BCUT2D eigenvalue weighted by Crippen LogP contribution is 2.31. The molecule has 4 nitrogen and oxygen atoms in total. The number of halogens is 1. The molecular formula is C12H18ClNO3S. The number of hydrogen-bond donors (Lipinski definition) is 0. The molecule has 102 valence electrons. The van der Waals surface area contributed by atoms with Gasteiger partial charge in [0, 0.05) is 18.7 Å². The van der Waals surface area contributed by atoms with Crippen molar-refractivity contribution in [2.24, 2.45) is 0 Å². The second-order valence-corrected chi connectivity index (χ2v) is 6.76.